The van der Waals surface area contributed by atoms with Crippen molar-refractivity contribution in [3.05, 3.63) is 69.2 Å². The summed E-state index contributed by atoms with van der Waals surface area (Å²) in [7, 11) is 2.00. The van der Waals surface area contributed by atoms with Crippen LogP contribution in [-0.2, 0) is 12.8 Å². The first kappa shape index (κ1) is 14.6. The van der Waals surface area contributed by atoms with E-state index in [1.807, 2.05) is 25.2 Å². The van der Waals surface area contributed by atoms with Gasteiger partial charge in [0.15, 0.2) is 0 Å². The van der Waals surface area contributed by atoms with Crippen LogP contribution in [0.3, 0.4) is 0 Å². The average molecular weight is 339 g/mol. The molecule has 0 saturated heterocycles. The second kappa shape index (κ2) is 7.09. The maximum atomic E-state index is 6.28. The minimum absolute atomic E-state index is 0.390. The van der Waals surface area contributed by atoms with Gasteiger partial charge >= 0.3 is 0 Å². The average Bonchev–Trinajstić information content (AvgIpc) is 2.42. The van der Waals surface area contributed by atoms with E-state index in [0.29, 0.717) is 6.04 Å². The lowest BCUT2D eigenvalue weighted by Crippen LogP contribution is -2.30. The molecule has 0 amide bonds. The van der Waals surface area contributed by atoms with E-state index in [2.05, 4.69) is 51.6 Å². The fourth-order valence-electron chi connectivity index (χ4n) is 2.13. The van der Waals surface area contributed by atoms with Gasteiger partial charge in [0, 0.05) is 15.5 Å². The molecule has 0 heterocycles. The van der Waals surface area contributed by atoms with E-state index in [0.717, 1.165) is 22.3 Å². The number of rotatable bonds is 5. The largest absolute Gasteiger partial charge is 0.316 e. The number of nitrogens with one attached hydrogen (secondary N) is 1. The summed E-state index contributed by atoms with van der Waals surface area (Å²) < 4.78 is 1.02. The van der Waals surface area contributed by atoms with Crippen molar-refractivity contribution in [3.63, 3.8) is 0 Å². The molecule has 0 saturated carbocycles. The van der Waals surface area contributed by atoms with Gasteiger partial charge < -0.3 is 5.32 Å². The summed E-state index contributed by atoms with van der Waals surface area (Å²) in [6, 6.07) is 17.0. The fraction of sp³-hybridized carbons (Fsp3) is 0.250. The molecule has 0 aliphatic rings. The van der Waals surface area contributed by atoms with Gasteiger partial charge in [-0.25, -0.2) is 0 Å². The Bertz CT molecular complexity index is 528. The van der Waals surface area contributed by atoms with Crippen molar-refractivity contribution >= 4 is 27.5 Å². The third kappa shape index (κ3) is 4.34. The van der Waals surface area contributed by atoms with Crippen LogP contribution in [0.15, 0.2) is 53.0 Å². The van der Waals surface area contributed by atoms with Gasteiger partial charge in [-0.05, 0) is 43.1 Å². The third-order valence-electron chi connectivity index (χ3n) is 3.21. The number of likely N-dealkylation sites (N-methyl/N-ethyl adjacent to an activating group) is 1. The summed E-state index contributed by atoms with van der Waals surface area (Å²) in [4.78, 5) is 0. The van der Waals surface area contributed by atoms with Crippen molar-refractivity contribution in [2.24, 2.45) is 0 Å². The molecule has 0 fully saturated rings. The molecule has 2 aromatic rings. The zero-order chi connectivity index (χ0) is 13.7. The van der Waals surface area contributed by atoms with E-state index in [1.54, 1.807) is 0 Å². The van der Waals surface area contributed by atoms with E-state index in [9.17, 15) is 0 Å². The first-order chi connectivity index (χ1) is 9.19. The first-order valence-corrected chi connectivity index (χ1v) is 7.51. The highest BCUT2D eigenvalue weighted by atomic mass is 79.9. The molecule has 0 spiro atoms. The summed E-state index contributed by atoms with van der Waals surface area (Å²) >= 11 is 9.71. The predicted octanol–water partition coefficient (Wildman–Crippen LogP) is 4.48. The van der Waals surface area contributed by atoms with Crippen molar-refractivity contribution in [3.8, 4) is 0 Å². The van der Waals surface area contributed by atoms with Crippen LogP contribution < -0.4 is 5.32 Å². The highest BCUT2D eigenvalue weighted by Gasteiger charge is 2.10. The van der Waals surface area contributed by atoms with Crippen LogP contribution in [0.2, 0.25) is 5.02 Å². The monoisotopic (exact) mass is 337 g/mol. The van der Waals surface area contributed by atoms with Crippen LogP contribution in [0.1, 0.15) is 11.1 Å². The second-order valence-corrected chi connectivity index (χ2v) is 5.94. The molecule has 0 bridgehead atoms. The van der Waals surface area contributed by atoms with Crippen LogP contribution in [-0.4, -0.2) is 13.1 Å². The molecule has 1 N–H and O–H groups in total. The summed E-state index contributed by atoms with van der Waals surface area (Å²) in [6.07, 6.45) is 1.93. The summed E-state index contributed by atoms with van der Waals surface area (Å²) in [5.41, 5.74) is 2.52. The van der Waals surface area contributed by atoms with Gasteiger partial charge in [-0.1, -0.05) is 63.9 Å². The predicted molar refractivity (Wildman–Crippen MR) is 85.8 cm³/mol. The topological polar surface area (TPSA) is 12.0 Å². The van der Waals surface area contributed by atoms with E-state index in [4.69, 9.17) is 11.6 Å². The Labute approximate surface area is 128 Å². The SMILES string of the molecule is CNC(Cc1ccccc1)Cc1ccc(Br)cc1Cl. The van der Waals surface area contributed by atoms with E-state index in [1.165, 1.54) is 11.1 Å². The Morgan fingerprint density at radius 1 is 1.11 bits per heavy atom. The molecular weight excluding hydrogens is 322 g/mol. The maximum Gasteiger partial charge on any atom is 0.0449 e. The second-order valence-electron chi connectivity index (χ2n) is 4.62. The van der Waals surface area contributed by atoms with Gasteiger partial charge in [-0.15, -0.1) is 0 Å². The highest BCUT2D eigenvalue weighted by Crippen LogP contribution is 2.23. The van der Waals surface area contributed by atoms with Crippen LogP contribution in [0.5, 0.6) is 0 Å². The molecule has 0 aliphatic heterocycles. The molecule has 0 aliphatic carbocycles. The van der Waals surface area contributed by atoms with Crippen molar-refractivity contribution in [1.82, 2.24) is 5.32 Å². The lowest BCUT2D eigenvalue weighted by molar-refractivity contribution is 0.556. The van der Waals surface area contributed by atoms with Gasteiger partial charge in [0.05, 0.1) is 0 Å². The standard InChI is InChI=1S/C16H17BrClN/c1-19-15(9-12-5-3-2-4-6-12)10-13-7-8-14(17)11-16(13)18/h2-8,11,15,19H,9-10H2,1H3. The molecule has 1 atom stereocenters. The van der Waals surface area contributed by atoms with E-state index >= 15 is 0 Å². The van der Waals surface area contributed by atoms with Crippen LogP contribution in [0.25, 0.3) is 0 Å². The number of benzene rings is 2. The Kier molecular flexibility index (Phi) is 5.44. The number of hydrogen-bond acceptors (Lipinski definition) is 1. The molecular formula is C16H17BrClN. The minimum atomic E-state index is 0.390. The Hall–Kier alpha value is -0.830. The van der Waals surface area contributed by atoms with Crippen LogP contribution in [0.4, 0.5) is 0 Å². The normalized spacial score (nSPS) is 12.4. The van der Waals surface area contributed by atoms with Crippen molar-refractivity contribution in [2.45, 2.75) is 18.9 Å². The van der Waals surface area contributed by atoms with Crippen LogP contribution >= 0.6 is 27.5 Å². The molecule has 1 unspecified atom stereocenters. The fourth-order valence-corrected chi connectivity index (χ4v) is 2.88. The van der Waals surface area contributed by atoms with Crippen molar-refractivity contribution < 1.29 is 0 Å². The summed E-state index contributed by atoms with van der Waals surface area (Å²) in [5, 5.41) is 4.19. The zero-order valence-corrected chi connectivity index (χ0v) is 13.2. The molecule has 0 radical (unpaired) electrons. The third-order valence-corrected chi connectivity index (χ3v) is 4.06. The lowest BCUT2D eigenvalue weighted by atomic mass is 9.99. The Morgan fingerprint density at radius 3 is 2.47 bits per heavy atom. The lowest BCUT2D eigenvalue weighted by Gasteiger charge is -2.17. The van der Waals surface area contributed by atoms with E-state index in [-0.39, 0.29) is 0 Å². The molecule has 100 valence electrons. The van der Waals surface area contributed by atoms with Gasteiger partial charge in [-0.3, -0.25) is 0 Å². The van der Waals surface area contributed by atoms with Gasteiger partial charge in [0.2, 0.25) is 0 Å². The van der Waals surface area contributed by atoms with E-state index < -0.39 is 0 Å². The molecule has 0 aromatic heterocycles. The van der Waals surface area contributed by atoms with Gasteiger partial charge in [0.1, 0.15) is 0 Å². The molecule has 3 heteroatoms. The number of halogens is 2. The zero-order valence-electron chi connectivity index (χ0n) is 10.9. The minimum Gasteiger partial charge on any atom is -0.316 e. The quantitative estimate of drug-likeness (QED) is 0.848. The first-order valence-electron chi connectivity index (χ1n) is 6.34. The molecule has 2 rings (SSSR count). The molecule has 1 nitrogen and oxygen atoms in total. The van der Waals surface area contributed by atoms with Gasteiger partial charge in [-0.2, -0.15) is 0 Å². The Balaban J connectivity index is 2.06. The molecule has 19 heavy (non-hydrogen) atoms. The summed E-state index contributed by atoms with van der Waals surface area (Å²) in [6.45, 7) is 0. The highest BCUT2D eigenvalue weighted by molar-refractivity contribution is 9.10. The smallest absolute Gasteiger partial charge is 0.0449 e. The van der Waals surface area contributed by atoms with Crippen molar-refractivity contribution in [2.75, 3.05) is 7.05 Å². The maximum absolute atomic E-state index is 6.28. The van der Waals surface area contributed by atoms with Crippen LogP contribution in [0, 0.1) is 0 Å². The van der Waals surface area contributed by atoms with Gasteiger partial charge in [0.25, 0.3) is 0 Å². The number of hydrogen-bond donors (Lipinski definition) is 1. The Morgan fingerprint density at radius 2 is 1.84 bits per heavy atom. The molecule has 2 aromatic carbocycles. The summed E-state index contributed by atoms with van der Waals surface area (Å²) in [5.74, 6) is 0. The van der Waals surface area contributed by atoms with Crippen molar-refractivity contribution in [1.29, 1.82) is 0 Å².